The number of halogens is 3. The average Bonchev–Trinajstić information content (AvgIpc) is 3.20. The molecule has 9 heteroatoms. The van der Waals surface area contributed by atoms with Crippen molar-refractivity contribution in [2.24, 2.45) is 11.3 Å². The molecule has 0 aromatic heterocycles. The minimum atomic E-state index is -4.60. The van der Waals surface area contributed by atoms with E-state index in [2.05, 4.69) is 0 Å². The number of hydrogen-bond acceptors (Lipinski definition) is 5. The molecule has 4 rings (SSSR count). The van der Waals surface area contributed by atoms with E-state index in [0.717, 1.165) is 6.07 Å². The number of rotatable bonds is 4. The molecule has 0 saturated carbocycles. The molecule has 6 nitrogen and oxygen atoms in total. The number of methoxy groups -OCH3 is 1. The summed E-state index contributed by atoms with van der Waals surface area (Å²) in [5.41, 5.74) is -0.685. The number of aliphatic hydroxyl groups excluding tert-OH is 1. The van der Waals surface area contributed by atoms with E-state index in [-0.39, 0.29) is 23.8 Å². The van der Waals surface area contributed by atoms with Crippen LogP contribution >= 0.6 is 0 Å². The van der Waals surface area contributed by atoms with E-state index in [1.54, 1.807) is 41.3 Å². The first kappa shape index (κ1) is 23.9. The highest BCUT2D eigenvalue weighted by Gasteiger charge is 2.49. The molecule has 1 amide bonds. The van der Waals surface area contributed by atoms with Crippen molar-refractivity contribution in [1.29, 1.82) is 5.26 Å². The maximum atomic E-state index is 13.4. The Kier molecular flexibility index (Phi) is 6.45. The SMILES string of the molecule is COc1cccc(C(=O)N2CC(CO)C3(CCN(c4ccc(C#N)c(C(F)(F)F)c4)CC3)C2)c1. The largest absolute Gasteiger partial charge is 0.497 e. The van der Waals surface area contributed by atoms with Crippen molar-refractivity contribution in [3.8, 4) is 11.8 Å². The summed E-state index contributed by atoms with van der Waals surface area (Å²) in [6.07, 6.45) is -3.32. The van der Waals surface area contributed by atoms with Crippen molar-refractivity contribution in [3.05, 3.63) is 59.2 Å². The molecule has 0 radical (unpaired) electrons. The lowest BCUT2D eigenvalue weighted by Gasteiger charge is -2.43. The maximum absolute atomic E-state index is 13.4. The van der Waals surface area contributed by atoms with Crippen LogP contribution in [0.25, 0.3) is 0 Å². The van der Waals surface area contributed by atoms with Gasteiger partial charge in [0.05, 0.1) is 24.3 Å². The molecule has 2 heterocycles. The zero-order valence-corrected chi connectivity index (χ0v) is 18.8. The molecule has 2 aliphatic heterocycles. The number of anilines is 1. The number of alkyl halides is 3. The zero-order chi connectivity index (χ0) is 24.5. The summed E-state index contributed by atoms with van der Waals surface area (Å²) < 4.78 is 45.4. The Hall–Kier alpha value is -3.25. The highest BCUT2D eigenvalue weighted by atomic mass is 19.4. The topological polar surface area (TPSA) is 76.8 Å². The minimum Gasteiger partial charge on any atom is -0.497 e. The lowest BCUT2D eigenvalue weighted by atomic mass is 9.71. The molecular formula is C25H26F3N3O3. The van der Waals surface area contributed by atoms with Gasteiger partial charge in [0.15, 0.2) is 0 Å². The maximum Gasteiger partial charge on any atom is 0.417 e. The number of nitriles is 1. The first-order valence-corrected chi connectivity index (χ1v) is 11.1. The molecule has 34 heavy (non-hydrogen) atoms. The predicted molar refractivity (Wildman–Crippen MR) is 120 cm³/mol. The van der Waals surface area contributed by atoms with Crippen LogP contribution in [0.4, 0.5) is 18.9 Å². The van der Waals surface area contributed by atoms with Crippen molar-refractivity contribution in [2.45, 2.75) is 19.0 Å². The summed E-state index contributed by atoms with van der Waals surface area (Å²) in [7, 11) is 1.54. The second-order valence-corrected chi connectivity index (χ2v) is 8.99. The van der Waals surface area contributed by atoms with Gasteiger partial charge < -0.3 is 19.6 Å². The van der Waals surface area contributed by atoms with Crippen LogP contribution in [0.2, 0.25) is 0 Å². The Balaban J connectivity index is 1.50. The standard InChI is InChI=1S/C25H26F3N3O3/c1-34-21-4-2-3-17(11-21)23(33)31-14-19(15-32)24(16-31)7-9-30(10-8-24)20-6-5-18(13-29)22(12-20)25(26,27)28/h2-6,11-12,19,32H,7-10,14-16H2,1H3. The molecule has 0 bridgehead atoms. The van der Waals surface area contributed by atoms with Crippen LogP contribution in [0.15, 0.2) is 42.5 Å². The lowest BCUT2D eigenvalue weighted by Crippen LogP contribution is -2.45. The molecule has 2 saturated heterocycles. The van der Waals surface area contributed by atoms with Gasteiger partial charge in [-0.3, -0.25) is 4.79 Å². The van der Waals surface area contributed by atoms with E-state index in [9.17, 15) is 23.1 Å². The number of aliphatic hydroxyl groups is 1. The number of nitrogens with zero attached hydrogens (tertiary/aromatic N) is 3. The average molecular weight is 473 g/mol. The number of carbonyl (C=O) groups excluding carboxylic acids is 1. The third kappa shape index (κ3) is 4.42. The van der Waals surface area contributed by atoms with Gasteiger partial charge in [0.2, 0.25) is 0 Å². The lowest BCUT2D eigenvalue weighted by molar-refractivity contribution is -0.137. The minimum absolute atomic E-state index is 0.0586. The van der Waals surface area contributed by atoms with Gasteiger partial charge in [-0.15, -0.1) is 0 Å². The van der Waals surface area contributed by atoms with Gasteiger partial charge in [0.25, 0.3) is 5.91 Å². The molecule has 2 aliphatic rings. The Labute approximate surface area is 196 Å². The molecular weight excluding hydrogens is 447 g/mol. The smallest absolute Gasteiger partial charge is 0.417 e. The number of hydrogen-bond donors (Lipinski definition) is 1. The number of likely N-dealkylation sites (tertiary alicyclic amines) is 1. The van der Waals surface area contributed by atoms with Crippen molar-refractivity contribution in [3.63, 3.8) is 0 Å². The molecule has 2 fully saturated rings. The van der Waals surface area contributed by atoms with E-state index in [1.807, 2.05) is 4.90 Å². The van der Waals surface area contributed by atoms with Crippen LogP contribution in [-0.4, -0.2) is 55.8 Å². The van der Waals surface area contributed by atoms with Crippen LogP contribution in [-0.2, 0) is 6.18 Å². The first-order chi connectivity index (χ1) is 16.2. The van der Waals surface area contributed by atoms with Gasteiger partial charge in [-0.2, -0.15) is 18.4 Å². The molecule has 1 atom stereocenters. The van der Waals surface area contributed by atoms with E-state index < -0.39 is 17.3 Å². The second-order valence-electron chi connectivity index (χ2n) is 8.99. The molecule has 1 spiro atoms. The van der Waals surface area contributed by atoms with Gasteiger partial charge in [-0.05, 0) is 54.7 Å². The predicted octanol–water partition coefficient (Wildman–Crippen LogP) is 3.94. The van der Waals surface area contributed by atoms with Crippen LogP contribution < -0.4 is 9.64 Å². The molecule has 1 unspecified atom stereocenters. The van der Waals surface area contributed by atoms with Crippen molar-refractivity contribution >= 4 is 11.6 Å². The number of piperidine rings is 1. The fourth-order valence-corrected chi connectivity index (χ4v) is 5.22. The molecule has 2 aromatic rings. The quantitative estimate of drug-likeness (QED) is 0.728. The van der Waals surface area contributed by atoms with Crippen LogP contribution in [0.5, 0.6) is 5.75 Å². The van der Waals surface area contributed by atoms with E-state index in [1.165, 1.54) is 13.2 Å². The molecule has 0 aliphatic carbocycles. The number of benzene rings is 2. The third-order valence-corrected chi connectivity index (χ3v) is 7.19. The highest BCUT2D eigenvalue weighted by molar-refractivity contribution is 5.94. The Morgan fingerprint density at radius 2 is 1.97 bits per heavy atom. The number of amides is 1. The van der Waals surface area contributed by atoms with Crippen LogP contribution in [0, 0.1) is 22.7 Å². The Morgan fingerprint density at radius 3 is 2.59 bits per heavy atom. The summed E-state index contributed by atoms with van der Waals surface area (Å²) in [5.74, 6) is 0.363. The van der Waals surface area contributed by atoms with Crippen molar-refractivity contribution < 1.29 is 27.8 Å². The van der Waals surface area contributed by atoms with E-state index in [4.69, 9.17) is 10.00 Å². The summed E-state index contributed by atoms with van der Waals surface area (Å²) >= 11 is 0. The Morgan fingerprint density at radius 1 is 1.24 bits per heavy atom. The van der Waals surface area contributed by atoms with Crippen molar-refractivity contribution in [1.82, 2.24) is 4.90 Å². The monoisotopic (exact) mass is 473 g/mol. The fourth-order valence-electron chi connectivity index (χ4n) is 5.22. The van der Waals surface area contributed by atoms with Crippen molar-refractivity contribution in [2.75, 3.05) is 44.8 Å². The summed E-state index contributed by atoms with van der Waals surface area (Å²) in [6, 6.07) is 12.3. The van der Waals surface area contributed by atoms with E-state index in [0.29, 0.717) is 56.0 Å². The van der Waals surface area contributed by atoms with Gasteiger partial charge >= 0.3 is 6.18 Å². The van der Waals surface area contributed by atoms with Gasteiger partial charge in [0, 0.05) is 50.0 Å². The molecule has 2 aromatic carbocycles. The second kappa shape index (κ2) is 9.18. The third-order valence-electron chi connectivity index (χ3n) is 7.19. The first-order valence-electron chi connectivity index (χ1n) is 11.1. The summed E-state index contributed by atoms with van der Waals surface area (Å²) in [6.45, 7) is 1.86. The fraction of sp³-hybridized carbons (Fsp3) is 0.440. The number of carbonyl (C=O) groups is 1. The Bertz CT molecular complexity index is 1100. The van der Waals surface area contributed by atoms with Gasteiger partial charge in [-0.1, -0.05) is 6.07 Å². The normalized spacial score (nSPS) is 19.8. The van der Waals surface area contributed by atoms with Gasteiger partial charge in [-0.25, -0.2) is 0 Å². The number of ether oxygens (including phenoxy) is 1. The van der Waals surface area contributed by atoms with Crippen LogP contribution in [0.1, 0.15) is 34.3 Å². The summed E-state index contributed by atoms with van der Waals surface area (Å²) in [4.78, 5) is 16.8. The van der Waals surface area contributed by atoms with Gasteiger partial charge in [0.1, 0.15) is 5.75 Å². The van der Waals surface area contributed by atoms with E-state index >= 15 is 0 Å². The molecule has 180 valence electrons. The highest BCUT2D eigenvalue weighted by Crippen LogP contribution is 2.46. The summed E-state index contributed by atoms with van der Waals surface area (Å²) in [5, 5.41) is 19.1. The zero-order valence-electron chi connectivity index (χ0n) is 18.8. The van der Waals surface area contributed by atoms with Crippen LogP contribution in [0.3, 0.4) is 0 Å². The molecule has 1 N–H and O–H groups in total.